The predicted molar refractivity (Wildman–Crippen MR) is 71.3 cm³/mol. The third kappa shape index (κ3) is 2.03. The van der Waals surface area contributed by atoms with E-state index in [-0.39, 0.29) is 29.6 Å². The van der Waals surface area contributed by atoms with Gasteiger partial charge in [-0.3, -0.25) is 14.4 Å². The Labute approximate surface area is 113 Å². The van der Waals surface area contributed by atoms with Crippen molar-refractivity contribution >= 4 is 22.6 Å². The van der Waals surface area contributed by atoms with Gasteiger partial charge in [-0.1, -0.05) is 18.2 Å². The molecule has 2 heterocycles. The van der Waals surface area contributed by atoms with Gasteiger partial charge in [0, 0.05) is 18.5 Å². The van der Waals surface area contributed by atoms with E-state index in [4.69, 9.17) is 0 Å². The van der Waals surface area contributed by atoms with Gasteiger partial charge in [-0.2, -0.15) is 5.10 Å². The van der Waals surface area contributed by atoms with E-state index in [9.17, 15) is 14.4 Å². The molecule has 0 saturated carbocycles. The molecular weight excluding hydrogens is 260 g/mol. The lowest BCUT2D eigenvalue weighted by Gasteiger charge is -2.26. The topological polar surface area (TPSA) is 95.2 Å². The smallest absolute Gasteiger partial charge is 0.275 e. The first kappa shape index (κ1) is 12.3. The van der Waals surface area contributed by atoms with Crippen molar-refractivity contribution in [1.82, 2.24) is 20.4 Å². The fourth-order valence-corrected chi connectivity index (χ4v) is 2.24. The van der Waals surface area contributed by atoms with Gasteiger partial charge in [-0.05, 0) is 6.07 Å². The summed E-state index contributed by atoms with van der Waals surface area (Å²) < 4.78 is 0. The van der Waals surface area contributed by atoms with Crippen molar-refractivity contribution in [2.75, 3.05) is 19.6 Å². The molecule has 2 amide bonds. The van der Waals surface area contributed by atoms with Crippen molar-refractivity contribution in [2.24, 2.45) is 0 Å². The number of amides is 2. The number of H-pyrrole nitrogens is 1. The summed E-state index contributed by atoms with van der Waals surface area (Å²) in [7, 11) is 0. The van der Waals surface area contributed by atoms with E-state index in [0.29, 0.717) is 23.9 Å². The molecule has 102 valence electrons. The minimum absolute atomic E-state index is 0.00790. The molecule has 0 radical (unpaired) electrons. The number of nitrogens with zero attached hydrogens (tertiary/aromatic N) is 2. The molecule has 0 atom stereocenters. The Kier molecular flexibility index (Phi) is 2.94. The number of aromatic amines is 1. The van der Waals surface area contributed by atoms with Gasteiger partial charge in [-0.25, -0.2) is 5.10 Å². The minimum atomic E-state index is -0.354. The average Bonchev–Trinajstić information content (AvgIpc) is 2.47. The lowest BCUT2D eigenvalue weighted by molar-refractivity contribution is -0.123. The molecule has 3 rings (SSSR count). The van der Waals surface area contributed by atoms with Crippen LogP contribution in [0.4, 0.5) is 0 Å². The number of aromatic nitrogens is 2. The molecule has 1 saturated heterocycles. The summed E-state index contributed by atoms with van der Waals surface area (Å²) in [5.41, 5.74) is -0.177. The highest BCUT2D eigenvalue weighted by atomic mass is 16.2. The fourth-order valence-electron chi connectivity index (χ4n) is 2.24. The largest absolute Gasteiger partial charge is 0.353 e. The van der Waals surface area contributed by atoms with Crippen molar-refractivity contribution in [2.45, 2.75) is 0 Å². The SMILES string of the molecule is O=C1CN(C(=O)c2n[nH]c(=O)c3ccccc23)CCN1. The van der Waals surface area contributed by atoms with Gasteiger partial charge >= 0.3 is 0 Å². The van der Waals surface area contributed by atoms with Gasteiger partial charge < -0.3 is 10.2 Å². The van der Waals surface area contributed by atoms with Crippen LogP contribution in [0, 0.1) is 0 Å². The highest BCUT2D eigenvalue weighted by molar-refractivity contribution is 6.05. The molecule has 1 aliphatic rings. The van der Waals surface area contributed by atoms with Crippen LogP contribution in [-0.2, 0) is 4.79 Å². The zero-order valence-electron chi connectivity index (χ0n) is 10.5. The summed E-state index contributed by atoms with van der Waals surface area (Å²) in [6, 6.07) is 6.77. The second-order valence-corrected chi connectivity index (χ2v) is 4.52. The third-order valence-corrected chi connectivity index (χ3v) is 3.22. The monoisotopic (exact) mass is 272 g/mol. The van der Waals surface area contributed by atoms with E-state index in [1.807, 2.05) is 0 Å². The molecule has 2 aromatic rings. The van der Waals surface area contributed by atoms with Crippen molar-refractivity contribution in [1.29, 1.82) is 0 Å². The zero-order chi connectivity index (χ0) is 14.1. The number of carbonyl (C=O) groups is 2. The van der Waals surface area contributed by atoms with Gasteiger partial charge in [0.1, 0.15) is 0 Å². The van der Waals surface area contributed by atoms with Crippen LogP contribution in [-0.4, -0.2) is 46.5 Å². The van der Waals surface area contributed by atoms with Crippen LogP contribution in [0.25, 0.3) is 10.8 Å². The highest BCUT2D eigenvalue weighted by Crippen LogP contribution is 2.14. The van der Waals surface area contributed by atoms with E-state index >= 15 is 0 Å². The Morgan fingerprint density at radius 3 is 2.70 bits per heavy atom. The number of hydrogen-bond donors (Lipinski definition) is 2. The second-order valence-electron chi connectivity index (χ2n) is 4.52. The number of fused-ring (bicyclic) bond motifs is 1. The molecule has 1 fully saturated rings. The summed E-state index contributed by atoms with van der Waals surface area (Å²) in [6.45, 7) is 0.861. The van der Waals surface area contributed by atoms with Gasteiger partial charge in [-0.15, -0.1) is 0 Å². The number of piperazine rings is 1. The van der Waals surface area contributed by atoms with Crippen molar-refractivity contribution in [3.63, 3.8) is 0 Å². The Bertz CT molecular complexity index is 753. The molecule has 0 bridgehead atoms. The molecular formula is C13H12N4O3. The van der Waals surface area contributed by atoms with Crippen LogP contribution in [0.1, 0.15) is 10.5 Å². The number of benzene rings is 1. The highest BCUT2D eigenvalue weighted by Gasteiger charge is 2.25. The molecule has 20 heavy (non-hydrogen) atoms. The first-order valence-electron chi connectivity index (χ1n) is 6.20. The second kappa shape index (κ2) is 4.76. The first-order chi connectivity index (χ1) is 9.66. The maximum Gasteiger partial charge on any atom is 0.275 e. The lowest BCUT2D eigenvalue weighted by Crippen LogP contribution is -2.50. The van der Waals surface area contributed by atoms with Crippen LogP contribution < -0.4 is 10.9 Å². The Morgan fingerprint density at radius 1 is 1.20 bits per heavy atom. The molecule has 0 spiro atoms. The normalized spacial score (nSPS) is 15.2. The summed E-state index contributed by atoms with van der Waals surface area (Å²) >= 11 is 0. The predicted octanol–water partition coefficient (Wildman–Crippen LogP) is -0.505. The summed E-state index contributed by atoms with van der Waals surface area (Å²) in [5, 5.41) is 9.72. The van der Waals surface area contributed by atoms with Gasteiger partial charge in [0.25, 0.3) is 11.5 Å². The van der Waals surface area contributed by atoms with E-state index < -0.39 is 0 Å². The van der Waals surface area contributed by atoms with Crippen LogP contribution in [0.15, 0.2) is 29.1 Å². The Hall–Kier alpha value is -2.70. The summed E-state index contributed by atoms with van der Waals surface area (Å²) in [4.78, 5) is 36.9. The van der Waals surface area contributed by atoms with Gasteiger partial charge in [0.15, 0.2) is 5.69 Å². The quantitative estimate of drug-likeness (QED) is 0.731. The van der Waals surface area contributed by atoms with E-state index in [2.05, 4.69) is 15.5 Å². The van der Waals surface area contributed by atoms with Crippen molar-refractivity contribution < 1.29 is 9.59 Å². The molecule has 1 aromatic heterocycles. The number of nitrogens with one attached hydrogen (secondary N) is 2. The number of carbonyl (C=O) groups excluding carboxylic acids is 2. The summed E-state index contributed by atoms with van der Waals surface area (Å²) in [6.07, 6.45) is 0. The van der Waals surface area contributed by atoms with Gasteiger partial charge in [0.2, 0.25) is 5.91 Å². The van der Waals surface area contributed by atoms with Crippen LogP contribution in [0.5, 0.6) is 0 Å². The minimum Gasteiger partial charge on any atom is -0.353 e. The van der Waals surface area contributed by atoms with Crippen molar-refractivity contribution in [3.05, 3.63) is 40.3 Å². The van der Waals surface area contributed by atoms with E-state index in [1.165, 1.54) is 4.90 Å². The molecule has 2 N–H and O–H groups in total. The number of hydrogen-bond acceptors (Lipinski definition) is 4. The molecule has 7 heteroatoms. The lowest BCUT2D eigenvalue weighted by atomic mass is 10.1. The van der Waals surface area contributed by atoms with Gasteiger partial charge in [0.05, 0.1) is 11.9 Å². The van der Waals surface area contributed by atoms with Crippen molar-refractivity contribution in [3.8, 4) is 0 Å². The molecule has 7 nitrogen and oxygen atoms in total. The van der Waals surface area contributed by atoms with E-state index in [1.54, 1.807) is 24.3 Å². The molecule has 0 unspecified atom stereocenters. The maximum absolute atomic E-state index is 12.4. The van der Waals surface area contributed by atoms with Crippen LogP contribution in [0.2, 0.25) is 0 Å². The maximum atomic E-state index is 12.4. The number of rotatable bonds is 1. The first-order valence-corrected chi connectivity index (χ1v) is 6.20. The van der Waals surface area contributed by atoms with Crippen LogP contribution in [0.3, 0.4) is 0 Å². The van der Waals surface area contributed by atoms with Crippen LogP contribution >= 0.6 is 0 Å². The zero-order valence-corrected chi connectivity index (χ0v) is 10.5. The Morgan fingerprint density at radius 2 is 1.95 bits per heavy atom. The average molecular weight is 272 g/mol. The summed E-state index contributed by atoms with van der Waals surface area (Å²) in [5.74, 6) is -0.550. The standard InChI is InChI=1S/C13H12N4O3/c18-10-7-17(6-5-14-10)13(20)11-8-3-1-2-4-9(8)12(19)16-15-11/h1-4H,5-7H2,(H,14,18)(H,16,19). The van der Waals surface area contributed by atoms with E-state index in [0.717, 1.165) is 0 Å². The fraction of sp³-hybridized carbons (Fsp3) is 0.231. The third-order valence-electron chi connectivity index (χ3n) is 3.22. The molecule has 0 aliphatic carbocycles. The Balaban J connectivity index is 2.06. The molecule has 1 aliphatic heterocycles. The molecule has 1 aromatic carbocycles.